The van der Waals surface area contributed by atoms with Crippen LogP contribution in [0.15, 0.2) is 11.6 Å². The Labute approximate surface area is 144 Å². The van der Waals surface area contributed by atoms with E-state index in [9.17, 15) is 19.8 Å². The second kappa shape index (κ2) is 5.42. The van der Waals surface area contributed by atoms with E-state index in [0.717, 1.165) is 18.4 Å². The number of carbonyl (C=O) groups excluding carboxylic acids is 1. The Kier molecular flexibility index (Phi) is 3.99. The summed E-state index contributed by atoms with van der Waals surface area (Å²) in [5.74, 6) is -0.641. The van der Waals surface area contributed by atoms with Gasteiger partial charge in [0.05, 0.1) is 11.0 Å². The van der Waals surface area contributed by atoms with Gasteiger partial charge in [-0.2, -0.15) is 0 Å². The quantitative estimate of drug-likeness (QED) is 0.809. The standard InChI is InChI=1S/C20H30O4/c1-12(2)13-11-20(24)9-6-15-18(3,16(20)10-14(13)21)7-5-8-19(15,4)17(22)23/h11-12,15-16,24H,5-10H2,1-4H3,(H,22,23)/t15-,16-,18-,19+,20-/m0/s1. The van der Waals surface area contributed by atoms with Crippen LogP contribution in [-0.4, -0.2) is 27.6 Å². The van der Waals surface area contributed by atoms with Gasteiger partial charge in [0, 0.05) is 12.3 Å². The molecule has 2 fully saturated rings. The van der Waals surface area contributed by atoms with E-state index in [1.54, 1.807) is 0 Å². The molecule has 0 spiro atoms. The number of ketones is 1. The molecule has 0 bridgehead atoms. The number of hydrogen-bond donors (Lipinski definition) is 2. The topological polar surface area (TPSA) is 74.6 Å². The first-order valence-electron chi connectivity index (χ1n) is 9.26. The number of carboxylic acids is 1. The van der Waals surface area contributed by atoms with Crippen molar-refractivity contribution in [1.29, 1.82) is 0 Å². The number of Topliss-reactive ketones (excluding diaryl/α,β-unsaturated/α-hetero) is 1. The summed E-state index contributed by atoms with van der Waals surface area (Å²) in [5.41, 5.74) is -1.27. The summed E-state index contributed by atoms with van der Waals surface area (Å²) in [7, 11) is 0. The first-order valence-corrected chi connectivity index (χ1v) is 9.26. The molecule has 4 nitrogen and oxygen atoms in total. The van der Waals surface area contributed by atoms with Crippen LogP contribution < -0.4 is 0 Å². The Morgan fingerprint density at radius 2 is 1.88 bits per heavy atom. The van der Waals surface area contributed by atoms with Crippen LogP contribution in [0.5, 0.6) is 0 Å². The van der Waals surface area contributed by atoms with Crippen LogP contribution in [0.3, 0.4) is 0 Å². The van der Waals surface area contributed by atoms with Crippen molar-refractivity contribution in [2.24, 2.45) is 28.6 Å². The average Bonchev–Trinajstić information content (AvgIpc) is 2.47. The second-order valence-electron chi connectivity index (χ2n) is 9.10. The zero-order chi connectivity index (χ0) is 17.9. The third kappa shape index (κ3) is 2.29. The molecule has 0 radical (unpaired) electrons. The van der Waals surface area contributed by atoms with Gasteiger partial charge in [0.25, 0.3) is 0 Å². The predicted octanol–water partition coefficient (Wildman–Crippen LogP) is 3.58. The van der Waals surface area contributed by atoms with Crippen LogP contribution in [0.4, 0.5) is 0 Å². The summed E-state index contributed by atoms with van der Waals surface area (Å²) >= 11 is 0. The fourth-order valence-corrected chi connectivity index (χ4v) is 6.08. The predicted molar refractivity (Wildman–Crippen MR) is 91.4 cm³/mol. The molecule has 0 aromatic carbocycles. The summed E-state index contributed by atoms with van der Waals surface area (Å²) in [5, 5.41) is 21.2. The van der Waals surface area contributed by atoms with Crippen molar-refractivity contribution in [3.05, 3.63) is 11.6 Å². The SMILES string of the molecule is CC(C)C1=C[C@@]2(O)CC[C@H]3[C@](C)(CCC[C@@]3(C)C(=O)O)[C@@H]2CC1=O. The Bertz CT molecular complexity index is 607. The minimum Gasteiger partial charge on any atom is -0.481 e. The molecule has 0 unspecified atom stereocenters. The highest BCUT2D eigenvalue weighted by molar-refractivity contribution is 5.97. The summed E-state index contributed by atoms with van der Waals surface area (Å²) in [4.78, 5) is 24.6. The smallest absolute Gasteiger partial charge is 0.309 e. The van der Waals surface area contributed by atoms with Gasteiger partial charge in [-0.1, -0.05) is 27.2 Å². The van der Waals surface area contributed by atoms with Gasteiger partial charge in [-0.3, -0.25) is 9.59 Å². The van der Waals surface area contributed by atoms with Gasteiger partial charge in [0.2, 0.25) is 0 Å². The number of allylic oxidation sites excluding steroid dienone is 1. The van der Waals surface area contributed by atoms with Crippen LogP contribution in [0.2, 0.25) is 0 Å². The largest absolute Gasteiger partial charge is 0.481 e. The van der Waals surface area contributed by atoms with Crippen molar-refractivity contribution in [2.75, 3.05) is 0 Å². The van der Waals surface area contributed by atoms with E-state index in [4.69, 9.17) is 0 Å². The molecule has 3 aliphatic rings. The number of hydrogen-bond acceptors (Lipinski definition) is 3. The number of aliphatic carboxylic acids is 1. The van der Waals surface area contributed by atoms with Crippen molar-refractivity contribution in [3.63, 3.8) is 0 Å². The van der Waals surface area contributed by atoms with Gasteiger partial charge in [-0.15, -0.1) is 0 Å². The first kappa shape index (κ1) is 17.7. The highest BCUT2D eigenvalue weighted by Gasteiger charge is 2.63. The normalized spacial score (nSPS) is 45.4. The van der Waals surface area contributed by atoms with Crippen molar-refractivity contribution in [2.45, 2.75) is 71.8 Å². The summed E-state index contributed by atoms with van der Waals surface area (Å²) in [6, 6.07) is 0. The molecule has 3 aliphatic carbocycles. The van der Waals surface area contributed by atoms with Gasteiger partial charge in [0.15, 0.2) is 5.78 Å². The number of carbonyl (C=O) groups is 2. The van der Waals surface area contributed by atoms with E-state index in [1.165, 1.54) is 0 Å². The molecule has 0 saturated heterocycles. The summed E-state index contributed by atoms with van der Waals surface area (Å²) < 4.78 is 0. The third-order valence-corrected chi connectivity index (χ3v) is 7.44. The minimum absolute atomic E-state index is 0.0170. The van der Waals surface area contributed by atoms with E-state index in [-0.39, 0.29) is 29.0 Å². The number of rotatable bonds is 2. The molecule has 0 aromatic rings. The molecule has 4 heteroatoms. The Morgan fingerprint density at radius 3 is 2.46 bits per heavy atom. The number of aliphatic hydroxyl groups is 1. The summed E-state index contributed by atoms with van der Waals surface area (Å²) in [6.07, 6.45) is 5.87. The van der Waals surface area contributed by atoms with E-state index < -0.39 is 17.0 Å². The maximum absolute atomic E-state index is 12.6. The van der Waals surface area contributed by atoms with Crippen molar-refractivity contribution < 1.29 is 19.8 Å². The van der Waals surface area contributed by atoms with Crippen LogP contribution >= 0.6 is 0 Å². The molecule has 24 heavy (non-hydrogen) atoms. The Balaban J connectivity index is 2.05. The van der Waals surface area contributed by atoms with Crippen LogP contribution in [0.25, 0.3) is 0 Å². The van der Waals surface area contributed by atoms with Crippen LogP contribution in [0.1, 0.15) is 66.2 Å². The highest BCUT2D eigenvalue weighted by Crippen LogP contribution is 2.64. The lowest BCUT2D eigenvalue weighted by Crippen LogP contribution is -2.61. The molecule has 0 heterocycles. The Morgan fingerprint density at radius 1 is 1.21 bits per heavy atom. The summed E-state index contributed by atoms with van der Waals surface area (Å²) in [6.45, 7) is 7.96. The fourth-order valence-electron chi connectivity index (χ4n) is 6.08. The number of carboxylic acid groups (broad SMARTS) is 1. The molecular formula is C20H30O4. The van der Waals surface area contributed by atoms with Crippen LogP contribution in [-0.2, 0) is 9.59 Å². The molecule has 134 valence electrons. The van der Waals surface area contributed by atoms with Gasteiger partial charge < -0.3 is 10.2 Å². The Hall–Kier alpha value is -1.16. The molecular weight excluding hydrogens is 304 g/mol. The van der Waals surface area contributed by atoms with Crippen LogP contribution in [0, 0.1) is 28.6 Å². The average molecular weight is 334 g/mol. The van der Waals surface area contributed by atoms with Gasteiger partial charge in [0.1, 0.15) is 0 Å². The second-order valence-corrected chi connectivity index (χ2v) is 9.10. The number of fused-ring (bicyclic) bond motifs is 3. The first-order chi connectivity index (χ1) is 11.0. The molecule has 5 atom stereocenters. The van der Waals surface area contributed by atoms with Gasteiger partial charge >= 0.3 is 5.97 Å². The van der Waals surface area contributed by atoms with E-state index >= 15 is 0 Å². The van der Waals surface area contributed by atoms with Crippen molar-refractivity contribution in [3.8, 4) is 0 Å². The molecule has 0 aromatic heterocycles. The molecule has 2 N–H and O–H groups in total. The molecule has 0 amide bonds. The molecule has 2 saturated carbocycles. The fraction of sp³-hybridized carbons (Fsp3) is 0.800. The maximum atomic E-state index is 12.6. The van der Waals surface area contributed by atoms with E-state index in [2.05, 4.69) is 6.92 Å². The maximum Gasteiger partial charge on any atom is 0.309 e. The minimum atomic E-state index is -0.963. The lowest BCUT2D eigenvalue weighted by atomic mass is 9.43. The third-order valence-electron chi connectivity index (χ3n) is 7.44. The van der Waals surface area contributed by atoms with Gasteiger partial charge in [-0.05, 0) is 61.5 Å². The van der Waals surface area contributed by atoms with Crippen molar-refractivity contribution >= 4 is 11.8 Å². The lowest BCUT2D eigenvalue weighted by molar-refractivity contribution is -0.186. The highest BCUT2D eigenvalue weighted by atomic mass is 16.4. The van der Waals surface area contributed by atoms with Gasteiger partial charge in [-0.25, -0.2) is 0 Å². The van der Waals surface area contributed by atoms with Crippen molar-refractivity contribution in [1.82, 2.24) is 0 Å². The molecule has 3 rings (SSSR count). The monoisotopic (exact) mass is 334 g/mol. The lowest BCUT2D eigenvalue weighted by Gasteiger charge is -2.61. The zero-order valence-corrected chi connectivity index (χ0v) is 15.3. The zero-order valence-electron chi connectivity index (χ0n) is 15.3. The van der Waals surface area contributed by atoms with E-state index in [1.807, 2.05) is 26.8 Å². The molecule has 0 aliphatic heterocycles. The van der Waals surface area contributed by atoms with E-state index in [0.29, 0.717) is 25.7 Å².